The molecular formula is C21H25N3O. The monoisotopic (exact) mass is 335 g/mol. The molecule has 1 aromatic heterocycles. The smallest absolute Gasteiger partial charge is 0.220 e. The Morgan fingerprint density at radius 3 is 2.52 bits per heavy atom. The molecule has 25 heavy (non-hydrogen) atoms. The van der Waals surface area contributed by atoms with Crippen LogP contribution in [-0.2, 0) is 11.2 Å². The first-order valence-corrected chi connectivity index (χ1v) is 8.91. The molecule has 0 aliphatic heterocycles. The first kappa shape index (κ1) is 17.2. The molecular weight excluding hydrogens is 310 g/mol. The number of imidazole rings is 1. The van der Waals surface area contributed by atoms with Crippen molar-refractivity contribution in [1.29, 1.82) is 0 Å². The number of hydrogen-bond donors (Lipinski definition) is 2. The lowest BCUT2D eigenvalue weighted by Gasteiger charge is -2.20. The van der Waals surface area contributed by atoms with E-state index in [1.54, 1.807) is 0 Å². The maximum absolute atomic E-state index is 12.4. The zero-order valence-corrected chi connectivity index (χ0v) is 14.8. The normalized spacial score (nSPS) is 12.4. The lowest BCUT2D eigenvalue weighted by molar-refractivity contribution is -0.122. The largest absolute Gasteiger partial charge is 0.346 e. The molecule has 2 aromatic carbocycles. The minimum absolute atomic E-state index is 0.0788. The van der Waals surface area contributed by atoms with E-state index in [0.717, 1.165) is 29.7 Å². The third kappa shape index (κ3) is 4.47. The molecule has 1 amide bonds. The van der Waals surface area contributed by atoms with E-state index in [9.17, 15) is 4.79 Å². The number of H-pyrrole nitrogens is 1. The van der Waals surface area contributed by atoms with Gasteiger partial charge in [0.15, 0.2) is 0 Å². The molecule has 0 aliphatic carbocycles. The van der Waals surface area contributed by atoms with Crippen LogP contribution in [-0.4, -0.2) is 15.9 Å². The van der Waals surface area contributed by atoms with E-state index in [2.05, 4.69) is 41.3 Å². The van der Waals surface area contributed by atoms with Crippen LogP contribution in [0.3, 0.4) is 0 Å². The minimum Gasteiger partial charge on any atom is -0.346 e. The molecule has 0 radical (unpaired) electrons. The summed E-state index contributed by atoms with van der Waals surface area (Å²) >= 11 is 0. The van der Waals surface area contributed by atoms with Crippen LogP contribution in [0.15, 0.2) is 54.6 Å². The van der Waals surface area contributed by atoms with Crippen LogP contribution in [0.5, 0.6) is 0 Å². The van der Waals surface area contributed by atoms with Gasteiger partial charge in [0, 0.05) is 6.42 Å². The van der Waals surface area contributed by atoms with Crippen molar-refractivity contribution in [3.05, 3.63) is 66.0 Å². The quantitative estimate of drug-likeness (QED) is 0.672. The molecule has 0 aliphatic rings. The Balaban J connectivity index is 1.60. The number of hydrogen-bond acceptors (Lipinski definition) is 2. The molecule has 0 bridgehead atoms. The van der Waals surface area contributed by atoms with Crippen molar-refractivity contribution in [2.24, 2.45) is 5.92 Å². The van der Waals surface area contributed by atoms with Crippen molar-refractivity contribution in [2.75, 3.05) is 0 Å². The second kappa shape index (κ2) is 7.97. The fraction of sp³-hybridized carbons (Fsp3) is 0.333. The summed E-state index contributed by atoms with van der Waals surface area (Å²) in [5, 5.41) is 3.15. The van der Waals surface area contributed by atoms with Crippen molar-refractivity contribution >= 4 is 16.9 Å². The van der Waals surface area contributed by atoms with Gasteiger partial charge in [0.25, 0.3) is 0 Å². The molecule has 2 N–H and O–H groups in total. The molecule has 3 aromatic rings. The van der Waals surface area contributed by atoms with Crippen molar-refractivity contribution in [3.8, 4) is 0 Å². The van der Waals surface area contributed by atoms with E-state index < -0.39 is 0 Å². The summed E-state index contributed by atoms with van der Waals surface area (Å²) in [7, 11) is 0. The van der Waals surface area contributed by atoms with Gasteiger partial charge in [0.05, 0.1) is 17.1 Å². The first-order chi connectivity index (χ1) is 12.1. The summed E-state index contributed by atoms with van der Waals surface area (Å²) in [6, 6.07) is 18.1. The molecule has 1 atom stereocenters. The van der Waals surface area contributed by atoms with Gasteiger partial charge in [-0.1, -0.05) is 56.3 Å². The van der Waals surface area contributed by atoms with Gasteiger partial charge in [0.2, 0.25) is 5.91 Å². The Kier molecular flexibility index (Phi) is 5.49. The van der Waals surface area contributed by atoms with Gasteiger partial charge in [0.1, 0.15) is 5.82 Å². The fourth-order valence-electron chi connectivity index (χ4n) is 3.01. The molecule has 0 saturated heterocycles. The highest BCUT2D eigenvalue weighted by Gasteiger charge is 2.21. The average Bonchev–Trinajstić information content (AvgIpc) is 3.04. The predicted octanol–water partition coefficient (Wildman–Crippen LogP) is 4.40. The fourth-order valence-corrected chi connectivity index (χ4v) is 3.01. The standard InChI is InChI=1S/C21H25N3O/c1-15(2)20(21-22-17-12-6-7-13-18(17)23-21)24-19(25)14-8-11-16-9-4-3-5-10-16/h3-7,9-10,12-13,15,20H,8,11,14H2,1-2H3,(H,22,23)(H,24,25)/t20-/m0/s1. The lowest BCUT2D eigenvalue weighted by Crippen LogP contribution is -2.32. The molecule has 0 saturated carbocycles. The maximum atomic E-state index is 12.4. The highest BCUT2D eigenvalue weighted by atomic mass is 16.1. The third-order valence-corrected chi connectivity index (χ3v) is 4.40. The number of benzene rings is 2. The second-order valence-corrected chi connectivity index (χ2v) is 6.77. The van der Waals surface area contributed by atoms with Crippen LogP contribution in [0.4, 0.5) is 0 Å². The summed E-state index contributed by atoms with van der Waals surface area (Å²) in [6.07, 6.45) is 2.30. The zero-order chi connectivity index (χ0) is 17.6. The third-order valence-electron chi connectivity index (χ3n) is 4.40. The SMILES string of the molecule is CC(C)[C@H](NC(=O)CCCc1ccccc1)c1nc2ccccc2[nH]1. The number of para-hydroxylation sites is 2. The average molecular weight is 335 g/mol. The van der Waals surface area contributed by atoms with E-state index in [0.29, 0.717) is 6.42 Å². The van der Waals surface area contributed by atoms with Crippen LogP contribution in [0.25, 0.3) is 11.0 Å². The number of fused-ring (bicyclic) bond motifs is 1. The molecule has 0 unspecified atom stereocenters. The van der Waals surface area contributed by atoms with Crippen LogP contribution < -0.4 is 5.32 Å². The van der Waals surface area contributed by atoms with E-state index >= 15 is 0 Å². The number of nitrogens with zero attached hydrogens (tertiary/aromatic N) is 1. The Morgan fingerprint density at radius 2 is 1.80 bits per heavy atom. The molecule has 4 nitrogen and oxygen atoms in total. The summed E-state index contributed by atoms with van der Waals surface area (Å²) in [5.74, 6) is 1.17. The molecule has 1 heterocycles. The summed E-state index contributed by atoms with van der Waals surface area (Å²) in [5.41, 5.74) is 3.20. The lowest BCUT2D eigenvalue weighted by atomic mass is 10.0. The van der Waals surface area contributed by atoms with Crippen LogP contribution in [0.1, 0.15) is 44.1 Å². The van der Waals surface area contributed by atoms with Gasteiger partial charge in [-0.15, -0.1) is 0 Å². The van der Waals surface area contributed by atoms with E-state index in [4.69, 9.17) is 0 Å². The number of aryl methyl sites for hydroxylation is 1. The second-order valence-electron chi connectivity index (χ2n) is 6.77. The number of rotatable bonds is 7. The van der Waals surface area contributed by atoms with Crippen molar-refractivity contribution < 1.29 is 4.79 Å². The Morgan fingerprint density at radius 1 is 1.08 bits per heavy atom. The Bertz CT molecular complexity index is 790. The highest BCUT2D eigenvalue weighted by Crippen LogP contribution is 2.22. The van der Waals surface area contributed by atoms with Gasteiger partial charge >= 0.3 is 0 Å². The number of nitrogens with one attached hydrogen (secondary N) is 2. The van der Waals surface area contributed by atoms with Crippen LogP contribution in [0.2, 0.25) is 0 Å². The molecule has 4 heteroatoms. The first-order valence-electron chi connectivity index (χ1n) is 8.91. The van der Waals surface area contributed by atoms with Gasteiger partial charge in [-0.05, 0) is 36.5 Å². The van der Waals surface area contributed by atoms with Gasteiger partial charge < -0.3 is 10.3 Å². The molecule has 3 rings (SSSR count). The van der Waals surface area contributed by atoms with E-state index in [-0.39, 0.29) is 17.9 Å². The summed E-state index contributed by atoms with van der Waals surface area (Å²) in [6.45, 7) is 4.20. The van der Waals surface area contributed by atoms with Crippen LogP contribution in [0, 0.1) is 5.92 Å². The van der Waals surface area contributed by atoms with Crippen molar-refractivity contribution in [2.45, 2.75) is 39.2 Å². The number of carbonyl (C=O) groups excluding carboxylic acids is 1. The molecule has 0 fully saturated rings. The highest BCUT2D eigenvalue weighted by molar-refractivity contribution is 5.77. The Labute approximate surface area is 148 Å². The van der Waals surface area contributed by atoms with Crippen LogP contribution >= 0.6 is 0 Å². The summed E-state index contributed by atoms with van der Waals surface area (Å²) < 4.78 is 0. The molecule has 130 valence electrons. The van der Waals surface area contributed by atoms with Gasteiger partial charge in [-0.2, -0.15) is 0 Å². The van der Waals surface area contributed by atoms with Gasteiger partial charge in [-0.25, -0.2) is 4.98 Å². The van der Waals surface area contributed by atoms with E-state index in [1.165, 1.54) is 5.56 Å². The number of carbonyl (C=O) groups is 1. The Hall–Kier alpha value is -2.62. The summed E-state index contributed by atoms with van der Waals surface area (Å²) in [4.78, 5) is 20.4. The number of aromatic amines is 1. The van der Waals surface area contributed by atoms with Gasteiger partial charge in [-0.3, -0.25) is 4.79 Å². The topological polar surface area (TPSA) is 57.8 Å². The number of amides is 1. The maximum Gasteiger partial charge on any atom is 0.220 e. The van der Waals surface area contributed by atoms with E-state index in [1.807, 2.05) is 42.5 Å². The molecule has 0 spiro atoms. The zero-order valence-electron chi connectivity index (χ0n) is 14.8. The van der Waals surface area contributed by atoms with Crippen molar-refractivity contribution in [3.63, 3.8) is 0 Å². The number of aromatic nitrogens is 2. The minimum atomic E-state index is -0.100. The van der Waals surface area contributed by atoms with Crippen molar-refractivity contribution in [1.82, 2.24) is 15.3 Å². The predicted molar refractivity (Wildman–Crippen MR) is 101 cm³/mol.